The molecule has 1 atom stereocenters. The maximum atomic E-state index is 13.2. The number of hydrogen-bond donors (Lipinski definition) is 0. The summed E-state index contributed by atoms with van der Waals surface area (Å²) in [5.41, 5.74) is 3.44. The summed E-state index contributed by atoms with van der Waals surface area (Å²) in [5.74, 6) is 0.615. The highest BCUT2D eigenvalue weighted by Gasteiger charge is 2.28. The molecule has 30 heavy (non-hydrogen) atoms. The van der Waals surface area contributed by atoms with Crippen LogP contribution in [0.1, 0.15) is 47.3 Å². The van der Waals surface area contributed by atoms with Gasteiger partial charge in [0.2, 0.25) is 0 Å². The van der Waals surface area contributed by atoms with Gasteiger partial charge in [0, 0.05) is 39.5 Å². The molecule has 0 radical (unpaired) electrons. The lowest BCUT2D eigenvalue weighted by molar-refractivity contribution is 0.0437. The van der Waals surface area contributed by atoms with Crippen molar-refractivity contribution in [3.05, 3.63) is 53.3 Å². The van der Waals surface area contributed by atoms with E-state index in [1.54, 1.807) is 10.9 Å². The van der Waals surface area contributed by atoms with Crippen LogP contribution in [0.4, 0.5) is 0 Å². The number of piperidine rings is 1. The van der Waals surface area contributed by atoms with Crippen LogP contribution in [0, 0.1) is 12.8 Å². The number of nitrogens with zero attached hydrogens (tertiary/aromatic N) is 4. The van der Waals surface area contributed by atoms with Crippen molar-refractivity contribution in [3.8, 4) is 0 Å². The lowest BCUT2D eigenvalue weighted by Crippen LogP contribution is -2.44. The molecule has 2 aliphatic heterocycles. The molecule has 0 aliphatic carbocycles. The highest BCUT2D eigenvalue weighted by atomic mass is 16.5. The quantitative estimate of drug-likeness (QED) is 0.703. The third-order valence-electron chi connectivity index (χ3n) is 6.62. The first kappa shape index (κ1) is 21.1. The zero-order valence-corrected chi connectivity index (χ0v) is 18.3. The predicted octanol–water partition coefficient (Wildman–Crippen LogP) is 3.26. The molecule has 0 N–H and O–H groups in total. The Bertz CT molecular complexity index is 835. The van der Waals surface area contributed by atoms with Crippen LogP contribution in [0.5, 0.6) is 0 Å². The zero-order valence-electron chi connectivity index (χ0n) is 18.3. The Morgan fingerprint density at radius 3 is 2.63 bits per heavy atom. The first-order valence-electron chi connectivity index (χ1n) is 11.3. The highest BCUT2D eigenvalue weighted by Crippen LogP contribution is 2.23. The fourth-order valence-corrected chi connectivity index (χ4v) is 4.69. The molecule has 6 heteroatoms. The Labute approximate surface area is 179 Å². The fourth-order valence-electron chi connectivity index (χ4n) is 4.69. The molecule has 6 nitrogen and oxygen atoms in total. The molecular formula is C24H34N4O2. The number of likely N-dealkylation sites (tertiary alicyclic amines) is 1. The van der Waals surface area contributed by atoms with E-state index in [1.807, 2.05) is 18.0 Å². The third kappa shape index (κ3) is 5.10. The van der Waals surface area contributed by atoms with Crippen molar-refractivity contribution in [2.75, 3.05) is 32.8 Å². The Morgan fingerprint density at radius 1 is 1.17 bits per heavy atom. The topological polar surface area (TPSA) is 50.6 Å². The van der Waals surface area contributed by atoms with Crippen LogP contribution in [0.15, 0.2) is 36.5 Å². The van der Waals surface area contributed by atoms with Gasteiger partial charge in [-0.05, 0) is 68.8 Å². The molecule has 0 bridgehead atoms. The van der Waals surface area contributed by atoms with Crippen LogP contribution in [-0.2, 0) is 18.3 Å². The van der Waals surface area contributed by atoms with Gasteiger partial charge in [0.25, 0.3) is 5.91 Å². The minimum absolute atomic E-state index is 0.0767. The Hall–Kier alpha value is -2.18. The average molecular weight is 411 g/mol. The van der Waals surface area contributed by atoms with Crippen LogP contribution >= 0.6 is 0 Å². The van der Waals surface area contributed by atoms with Gasteiger partial charge < -0.3 is 9.64 Å². The van der Waals surface area contributed by atoms with Crippen LogP contribution < -0.4 is 0 Å². The van der Waals surface area contributed by atoms with Gasteiger partial charge in [0.1, 0.15) is 5.69 Å². The van der Waals surface area contributed by atoms with Gasteiger partial charge in [-0.15, -0.1) is 0 Å². The summed E-state index contributed by atoms with van der Waals surface area (Å²) in [7, 11) is 1.83. The van der Waals surface area contributed by atoms with Crippen LogP contribution in [0.3, 0.4) is 0 Å². The number of aromatic nitrogens is 2. The number of carbonyl (C=O) groups excluding carboxylic acids is 1. The molecule has 0 spiro atoms. The summed E-state index contributed by atoms with van der Waals surface area (Å²) in [4.78, 5) is 17.8. The van der Waals surface area contributed by atoms with E-state index in [1.165, 1.54) is 11.1 Å². The molecule has 162 valence electrons. The molecule has 0 unspecified atom stereocenters. The van der Waals surface area contributed by atoms with Crippen molar-refractivity contribution in [2.45, 2.75) is 45.3 Å². The Kier molecular flexibility index (Phi) is 6.85. The van der Waals surface area contributed by atoms with Crippen molar-refractivity contribution in [1.29, 1.82) is 0 Å². The molecule has 2 aliphatic rings. The van der Waals surface area contributed by atoms with Gasteiger partial charge in [-0.1, -0.05) is 24.3 Å². The molecule has 0 saturated carbocycles. The van der Waals surface area contributed by atoms with Crippen molar-refractivity contribution < 1.29 is 9.53 Å². The summed E-state index contributed by atoms with van der Waals surface area (Å²) in [6, 6.07) is 10.5. The molecule has 2 saturated heterocycles. The van der Waals surface area contributed by atoms with Gasteiger partial charge in [-0.25, -0.2) is 0 Å². The zero-order chi connectivity index (χ0) is 20.9. The molecule has 2 aromatic rings. The minimum atomic E-state index is 0.0767. The second kappa shape index (κ2) is 9.75. The van der Waals surface area contributed by atoms with Gasteiger partial charge in [0.05, 0.1) is 6.10 Å². The summed E-state index contributed by atoms with van der Waals surface area (Å²) in [5, 5.41) is 4.19. The van der Waals surface area contributed by atoms with E-state index in [-0.39, 0.29) is 12.0 Å². The van der Waals surface area contributed by atoms with E-state index in [0.717, 1.165) is 58.5 Å². The largest absolute Gasteiger partial charge is 0.376 e. The Balaban J connectivity index is 1.35. The molecular weight excluding hydrogens is 376 g/mol. The summed E-state index contributed by atoms with van der Waals surface area (Å²) in [6.45, 7) is 7.70. The van der Waals surface area contributed by atoms with E-state index >= 15 is 0 Å². The van der Waals surface area contributed by atoms with Gasteiger partial charge >= 0.3 is 0 Å². The van der Waals surface area contributed by atoms with Gasteiger partial charge in [-0.3, -0.25) is 14.4 Å². The molecule has 1 aromatic heterocycles. The lowest BCUT2D eigenvalue weighted by Gasteiger charge is -2.35. The maximum Gasteiger partial charge on any atom is 0.272 e. The molecule has 1 aromatic carbocycles. The first-order chi connectivity index (χ1) is 14.6. The number of amides is 1. The van der Waals surface area contributed by atoms with E-state index in [9.17, 15) is 4.79 Å². The van der Waals surface area contributed by atoms with Crippen molar-refractivity contribution in [3.63, 3.8) is 0 Å². The normalized spacial score (nSPS) is 20.5. The molecule has 4 rings (SSSR count). The molecule has 3 heterocycles. The SMILES string of the molecule is Cc1ccccc1CN1CCC(CN(C[C@H]2CCCO2)C(=O)c2ccnn2C)CC1. The van der Waals surface area contributed by atoms with Crippen molar-refractivity contribution in [2.24, 2.45) is 13.0 Å². The van der Waals surface area contributed by atoms with E-state index < -0.39 is 0 Å². The predicted molar refractivity (Wildman–Crippen MR) is 117 cm³/mol. The minimum Gasteiger partial charge on any atom is -0.376 e. The summed E-state index contributed by atoms with van der Waals surface area (Å²) < 4.78 is 7.52. The van der Waals surface area contributed by atoms with Gasteiger partial charge in [-0.2, -0.15) is 5.10 Å². The summed E-state index contributed by atoms with van der Waals surface area (Å²) >= 11 is 0. The monoisotopic (exact) mass is 410 g/mol. The smallest absolute Gasteiger partial charge is 0.272 e. The number of ether oxygens (including phenoxy) is 1. The summed E-state index contributed by atoms with van der Waals surface area (Å²) in [6.07, 6.45) is 6.27. The Morgan fingerprint density at radius 2 is 1.97 bits per heavy atom. The fraction of sp³-hybridized carbons (Fsp3) is 0.583. The van der Waals surface area contributed by atoms with E-state index in [2.05, 4.69) is 41.2 Å². The highest BCUT2D eigenvalue weighted by molar-refractivity contribution is 5.92. The van der Waals surface area contributed by atoms with Crippen LogP contribution in [-0.4, -0.2) is 64.4 Å². The third-order valence-corrected chi connectivity index (χ3v) is 6.62. The van der Waals surface area contributed by atoms with E-state index in [0.29, 0.717) is 18.2 Å². The molecule has 1 amide bonds. The number of aryl methyl sites for hydroxylation is 2. The standard InChI is InChI=1S/C24H34N4O2/c1-19-6-3-4-7-21(19)17-27-13-10-20(11-14-27)16-28(18-22-8-5-15-30-22)24(29)23-9-12-25-26(23)2/h3-4,6-7,9,12,20,22H,5,8,10-11,13-18H2,1-2H3/t22-/m1/s1. The van der Waals surface area contributed by atoms with Gasteiger partial charge in [0.15, 0.2) is 0 Å². The van der Waals surface area contributed by atoms with Crippen molar-refractivity contribution >= 4 is 5.91 Å². The number of carbonyl (C=O) groups is 1. The second-order valence-corrected chi connectivity index (χ2v) is 8.83. The average Bonchev–Trinajstić information content (AvgIpc) is 3.42. The second-order valence-electron chi connectivity index (χ2n) is 8.83. The number of hydrogen-bond acceptors (Lipinski definition) is 4. The number of rotatable bonds is 7. The lowest BCUT2D eigenvalue weighted by atomic mass is 9.95. The van der Waals surface area contributed by atoms with E-state index in [4.69, 9.17) is 4.74 Å². The maximum absolute atomic E-state index is 13.2. The van der Waals surface area contributed by atoms with Crippen LogP contribution in [0.25, 0.3) is 0 Å². The van der Waals surface area contributed by atoms with Crippen LogP contribution in [0.2, 0.25) is 0 Å². The first-order valence-corrected chi connectivity index (χ1v) is 11.3. The number of benzene rings is 1. The molecule has 2 fully saturated rings. The van der Waals surface area contributed by atoms with Crippen molar-refractivity contribution in [1.82, 2.24) is 19.6 Å².